The lowest BCUT2D eigenvalue weighted by atomic mass is 9.87. The average molecular weight is 202 g/mol. The van der Waals surface area contributed by atoms with Gasteiger partial charge in [0.2, 0.25) is 0 Å². The first-order valence-corrected chi connectivity index (χ1v) is 4.93. The molecule has 1 rings (SSSR count). The van der Waals surface area contributed by atoms with Crippen LogP contribution in [0.15, 0.2) is 0 Å². The fourth-order valence-electron chi connectivity index (χ4n) is 1.70. The largest absolute Gasteiger partial charge is 0.481 e. The van der Waals surface area contributed by atoms with Gasteiger partial charge in [0.15, 0.2) is 0 Å². The minimum absolute atomic E-state index is 0.00329. The topological polar surface area (TPSA) is 81.6 Å². The smallest absolute Gasteiger partial charge is 0.305 e. The Labute approximate surface area is 83.5 Å². The summed E-state index contributed by atoms with van der Waals surface area (Å²) in [6.07, 6.45) is 0.911. The molecule has 14 heavy (non-hydrogen) atoms. The van der Waals surface area contributed by atoms with Gasteiger partial charge in [-0.05, 0) is 6.42 Å². The van der Waals surface area contributed by atoms with E-state index in [9.17, 15) is 4.79 Å². The molecular formula is C9H18N2O3. The number of hydrogen-bond donors (Lipinski definition) is 4. The van der Waals surface area contributed by atoms with Gasteiger partial charge in [-0.3, -0.25) is 4.79 Å². The van der Waals surface area contributed by atoms with Crippen LogP contribution >= 0.6 is 0 Å². The lowest BCUT2D eigenvalue weighted by molar-refractivity contribution is -0.139. The van der Waals surface area contributed by atoms with Crippen molar-refractivity contribution in [2.75, 3.05) is 19.7 Å². The van der Waals surface area contributed by atoms with E-state index in [1.54, 1.807) is 0 Å². The van der Waals surface area contributed by atoms with Crippen LogP contribution in [0.2, 0.25) is 0 Å². The maximum Gasteiger partial charge on any atom is 0.305 e. The minimum atomic E-state index is -0.799. The van der Waals surface area contributed by atoms with Crippen LogP contribution in [0.25, 0.3) is 0 Å². The van der Waals surface area contributed by atoms with Crippen LogP contribution < -0.4 is 10.6 Å². The monoisotopic (exact) mass is 202 g/mol. The average Bonchev–Trinajstić information content (AvgIpc) is 2.09. The summed E-state index contributed by atoms with van der Waals surface area (Å²) in [7, 11) is 0. The maximum absolute atomic E-state index is 10.6. The zero-order valence-corrected chi connectivity index (χ0v) is 8.42. The molecule has 1 aliphatic rings. The fraction of sp³-hybridized carbons (Fsp3) is 0.889. The normalized spacial score (nSPS) is 21.3. The van der Waals surface area contributed by atoms with Crippen LogP contribution in [0.1, 0.15) is 19.8 Å². The van der Waals surface area contributed by atoms with E-state index in [1.165, 1.54) is 0 Å². The molecule has 0 aliphatic carbocycles. The quantitative estimate of drug-likeness (QED) is 0.452. The van der Waals surface area contributed by atoms with E-state index in [0.29, 0.717) is 13.1 Å². The fourth-order valence-corrected chi connectivity index (χ4v) is 1.70. The van der Waals surface area contributed by atoms with Gasteiger partial charge in [-0.1, -0.05) is 6.92 Å². The van der Waals surface area contributed by atoms with Crippen molar-refractivity contribution >= 4 is 5.97 Å². The number of hydrogen-bond acceptors (Lipinski definition) is 4. The number of carboxylic acid groups (broad SMARTS) is 1. The van der Waals surface area contributed by atoms with Crippen LogP contribution in [0.3, 0.4) is 0 Å². The number of aliphatic carboxylic acids is 1. The summed E-state index contributed by atoms with van der Waals surface area (Å²) < 4.78 is 0. The van der Waals surface area contributed by atoms with E-state index in [0.717, 1.165) is 6.42 Å². The maximum atomic E-state index is 10.6. The molecule has 0 aromatic carbocycles. The zero-order chi connectivity index (χ0) is 10.6. The van der Waals surface area contributed by atoms with Gasteiger partial charge in [0.05, 0.1) is 18.6 Å². The van der Waals surface area contributed by atoms with Crippen molar-refractivity contribution < 1.29 is 15.0 Å². The van der Waals surface area contributed by atoms with Crippen molar-refractivity contribution in [2.45, 2.75) is 31.3 Å². The molecule has 0 spiro atoms. The highest BCUT2D eigenvalue weighted by molar-refractivity contribution is 5.68. The zero-order valence-electron chi connectivity index (χ0n) is 8.42. The molecule has 5 heteroatoms. The molecule has 0 radical (unpaired) electrons. The van der Waals surface area contributed by atoms with E-state index in [1.807, 2.05) is 6.92 Å². The Bertz CT molecular complexity index is 200. The highest BCUT2D eigenvalue weighted by Gasteiger charge is 2.39. The molecular weight excluding hydrogens is 184 g/mol. The standard InChI is InChI=1S/C9H18N2O3/c1-2-7(4-12)11-9(3-8(13)14)5-10-6-9/h7,10-12H,2-6H2,1H3,(H,13,14). The highest BCUT2D eigenvalue weighted by Crippen LogP contribution is 2.17. The molecule has 1 aliphatic heterocycles. The molecule has 1 fully saturated rings. The van der Waals surface area contributed by atoms with Crippen LogP contribution in [-0.4, -0.2) is 47.5 Å². The van der Waals surface area contributed by atoms with Gasteiger partial charge in [0, 0.05) is 19.1 Å². The van der Waals surface area contributed by atoms with Crippen LogP contribution in [-0.2, 0) is 4.79 Å². The summed E-state index contributed by atoms with van der Waals surface area (Å²) in [6.45, 7) is 3.35. The molecule has 0 aromatic rings. The second-order valence-corrected chi connectivity index (χ2v) is 3.89. The second kappa shape index (κ2) is 4.72. The van der Waals surface area contributed by atoms with Gasteiger partial charge in [-0.15, -0.1) is 0 Å². The van der Waals surface area contributed by atoms with Gasteiger partial charge in [-0.2, -0.15) is 0 Å². The Hall–Kier alpha value is -0.650. The summed E-state index contributed by atoms with van der Waals surface area (Å²) in [5.74, 6) is -0.799. The molecule has 0 bridgehead atoms. The summed E-state index contributed by atoms with van der Waals surface area (Å²) >= 11 is 0. The van der Waals surface area contributed by atoms with Gasteiger partial charge in [0.25, 0.3) is 0 Å². The first-order chi connectivity index (χ1) is 6.62. The SMILES string of the molecule is CCC(CO)NC1(CC(=O)O)CNC1. The van der Waals surface area contributed by atoms with Crippen molar-refractivity contribution in [1.29, 1.82) is 0 Å². The molecule has 0 aromatic heterocycles. The lowest BCUT2D eigenvalue weighted by Crippen LogP contribution is -2.70. The molecule has 1 saturated heterocycles. The van der Waals surface area contributed by atoms with E-state index < -0.39 is 5.97 Å². The predicted octanol–water partition coefficient (Wildman–Crippen LogP) is -0.836. The molecule has 4 N–H and O–H groups in total. The van der Waals surface area contributed by atoms with E-state index in [4.69, 9.17) is 10.2 Å². The van der Waals surface area contributed by atoms with Crippen molar-refractivity contribution in [2.24, 2.45) is 0 Å². The first-order valence-electron chi connectivity index (χ1n) is 4.93. The van der Waals surface area contributed by atoms with Gasteiger partial charge in [0.1, 0.15) is 0 Å². The molecule has 1 atom stereocenters. The van der Waals surface area contributed by atoms with Crippen LogP contribution in [0, 0.1) is 0 Å². The Morgan fingerprint density at radius 1 is 1.64 bits per heavy atom. The number of aliphatic hydroxyl groups is 1. The molecule has 1 heterocycles. The summed E-state index contributed by atoms with van der Waals surface area (Å²) in [5.41, 5.74) is -0.352. The third-order valence-corrected chi connectivity index (χ3v) is 2.64. The summed E-state index contributed by atoms with van der Waals surface area (Å²) in [4.78, 5) is 10.6. The van der Waals surface area contributed by atoms with Gasteiger partial charge in [-0.25, -0.2) is 0 Å². The van der Waals surface area contributed by atoms with Crippen molar-refractivity contribution in [3.8, 4) is 0 Å². The Kier molecular flexibility index (Phi) is 3.86. The van der Waals surface area contributed by atoms with E-state index in [2.05, 4.69) is 10.6 Å². The van der Waals surface area contributed by atoms with E-state index in [-0.39, 0.29) is 24.6 Å². The third kappa shape index (κ3) is 2.67. The molecule has 0 saturated carbocycles. The predicted molar refractivity (Wildman–Crippen MR) is 52.2 cm³/mol. The third-order valence-electron chi connectivity index (χ3n) is 2.64. The number of carbonyl (C=O) groups is 1. The van der Waals surface area contributed by atoms with Crippen LogP contribution in [0.5, 0.6) is 0 Å². The first kappa shape index (κ1) is 11.4. The summed E-state index contributed by atoms with van der Waals surface area (Å²) in [6, 6.07) is -0.00329. The number of carboxylic acids is 1. The Morgan fingerprint density at radius 3 is 2.57 bits per heavy atom. The molecule has 1 unspecified atom stereocenters. The number of rotatable bonds is 6. The van der Waals surface area contributed by atoms with Crippen molar-refractivity contribution in [1.82, 2.24) is 10.6 Å². The van der Waals surface area contributed by atoms with Crippen molar-refractivity contribution in [3.63, 3.8) is 0 Å². The second-order valence-electron chi connectivity index (χ2n) is 3.89. The summed E-state index contributed by atoms with van der Waals surface area (Å²) in [5, 5.41) is 24.0. The molecule has 82 valence electrons. The van der Waals surface area contributed by atoms with Crippen LogP contribution in [0.4, 0.5) is 0 Å². The Balaban J connectivity index is 2.48. The van der Waals surface area contributed by atoms with E-state index >= 15 is 0 Å². The molecule has 0 amide bonds. The highest BCUT2D eigenvalue weighted by atomic mass is 16.4. The molecule has 5 nitrogen and oxygen atoms in total. The van der Waals surface area contributed by atoms with Gasteiger partial charge >= 0.3 is 5.97 Å². The Morgan fingerprint density at radius 2 is 2.29 bits per heavy atom. The van der Waals surface area contributed by atoms with Crippen molar-refractivity contribution in [3.05, 3.63) is 0 Å². The lowest BCUT2D eigenvalue weighted by Gasteiger charge is -2.44. The minimum Gasteiger partial charge on any atom is -0.481 e. The number of aliphatic hydroxyl groups excluding tert-OH is 1. The number of nitrogens with one attached hydrogen (secondary N) is 2. The van der Waals surface area contributed by atoms with Gasteiger partial charge < -0.3 is 20.8 Å².